The number of ether oxygens (including phenoxy) is 1. The van der Waals surface area contributed by atoms with Crippen LogP contribution in [0.1, 0.15) is 40.5 Å². The summed E-state index contributed by atoms with van der Waals surface area (Å²) in [5.74, 6) is 0.717. The van der Waals surface area contributed by atoms with Gasteiger partial charge in [-0.3, -0.25) is 9.89 Å². The number of amides is 1. The van der Waals surface area contributed by atoms with Crippen molar-refractivity contribution in [2.24, 2.45) is 4.99 Å². The van der Waals surface area contributed by atoms with E-state index in [2.05, 4.69) is 15.6 Å². The molecule has 1 amide bonds. The van der Waals surface area contributed by atoms with Gasteiger partial charge < -0.3 is 20.3 Å². The molecule has 10 heteroatoms. The van der Waals surface area contributed by atoms with Crippen molar-refractivity contribution in [3.63, 3.8) is 0 Å². The Labute approximate surface area is 165 Å². The maximum Gasteiger partial charge on any atom is 0.407 e. The third-order valence-electron chi connectivity index (χ3n) is 3.95. The van der Waals surface area contributed by atoms with E-state index >= 15 is 0 Å². The molecule has 1 atom stereocenters. The van der Waals surface area contributed by atoms with E-state index in [1.807, 2.05) is 32.6 Å². The minimum atomic E-state index is -4.18. The molecule has 1 unspecified atom stereocenters. The van der Waals surface area contributed by atoms with Crippen molar-refractivity contribution in [3.05, 3.63) is 0 Å². The molecule has 0 aromatic carbocycles. The summed E-state index contributed by atoms with van der Waals surface area (Å²) < 4.78 is 42.3. The highest BCUT2D eigenvalue weighted by molar-refractivity contribution is 5.80. The van der Waals surface area contributed by atoms with Crippen LogP contribution in [0.4, 0.5) is 18.0 Å². The highest BCUT2D eigenvalue weighted by Crippen LogP contribution is 2.15. The number of nitrogens with one attached hydrogen (secondary N) is 2. The van der Waals surface area contributed by atoms with Gasteiger partial charge in [0.15, 0.2) is 5.96 Å². The minimum absolute atomic E-state index is 0.0309. The van der Waals surface area contributed by atoms with Crippen LogP contribution in [0.2, 0.25) is 0 Å². The first-order valence-corrected chi connectivity index (χ1v) is 9.67. The Morgan fingerprint density at radius 1 is 1.32 bits per heavy atom. The first kappa shape index (κ1) is 24.3. The van der Waals surface area contributed by atoms with Crippen molar-refractivity contribution in [2.45, 2.75) is 58.4 Å². The molecule has 1 aliphatic heterocycles. The fourth-order valence-corrected chi connectivity index (χ4v) is 2.88. The van der Waals surface area contributed by atoms with E-state index in [0.717, 1.165) is 18.9 Å². The van der Waals surface area contributed by atoms with Gasteiger partial charge in [-0.1, -0.05) is 0 Å². The second-order valence-corrected chi connectivity index (χ2v) is 8.02. The van der Waals surface area contributed by atoms with E-state index in [-0.39, 0.29) is 6.04 Å². The highest BCUT2D eigenvalue weighted by atomic mass is 19.4. The summed E-state index contributed by atoms with van der Waals surface area (Å²) in [4.78, 5) is 19.7. The molecule has 1 fully saturated rings. The van der Waals surface area contributed by atoms with Gasteiger partial charge in [-0.05, 0) is 54.1 Å². The average Bonchev–Trinajstić information content (AvgIpc) is 2.94. The van der Waals surface area contributed by atoms with Gasteiger partial charge in [0.1, 0.15) is 5.60 Å². The van der Waals surface area contributed by atoms with Gasteiger partial charge in [0.05, 0.1) is 12.6 Å². The van der Waals surface area contributed by atoms with E-state index in [0.29, 0.717) is 32.6 Å². The fraction of sp³-hybridized carbons (Fsp3) is 0.889. The van der Waals surface area contributed by atoms with Crippen LogP contribution in [-0.2, 0) is 4.74 Å². The Bertz CT molecular complexity index is 520. The number of halogens is 3. The predicted molar refractivity (Wildman–Crippen MR) is 103 cm³/mol. The largest absolute Gasteiger partial charge is 0.444 e. The maximum atomic E-state index is 12.3. The molecule has 0 aromatic rings. The number of guanidine groups is 1. The summed E-state index contributed by atoms with van der Waals surface area (Å²) in [6.45, 7) is 9.28. The lowest BCUT2D eigenvalue weighted by molar-refractivity contribution is -0.143. The molecular formula is C18H34F3N5O2. The number of alkyl halides is 3. The molecule has 7 nitrogen and oxygen atoms in total. The van der Waals surface area contributed by atoms with Crippen LogP contribution < -0.4 is 10.6 Å². The van der Waals surface area contributed by atoms with Gasteiger partial charge in [0.25, 0.3) is 0 Å². The molecule has 1 aliphatic rings. The quantitative estimate of drug-likeness (QED) is 0.384. The van der Waals surface area contributed by atoms with Crippen LogP contribution in [0.25, 0.3) is 0 Å². The number of alkyl carbamates (subject to hydrolysis) is 1. The van der Waals surface area contributed by atoms with Crippen LogP contribution in [0, 0.1) is 0 Å². The first-order chi connectivity index (χ1) is 12.9. The smallest absolute Gasteiger partial charge is 0.407 e. The highest BCUT2D eigenvalue weighted by Gasteiger charge is 2.29. The number of hydrogen-bond donors (Lipinski definition) is 2. The van der Waals surface area contributed by atoms with Gasteiger partial charge in [0, 0.05) is 26.2 Å². The monoisotopic (exact) mass is 409 g/mol. The Balaban J connectivity index is 2.46. The number of aliphatic imine (C=N–C) groups is 1. The second kappa shape index (κ2) is 10.7. The topological polar surface area (TPSA) is 69.2 Å². The third kappa shape index (κ3) is 10.6. The van der Waals surface area contributed by atoms with E-state index in [4.69, 9.17) is 4.74 Å². The number of likely N-dealkylation sites (tertiary alicyclic amines) is 1. The van der Waals surface area contributed by atoms with E-state index in [9.17, 15) is 18.0 Å². The summed E-state index contributed by atoms with van der Waals surface area (Å²) in [6.07, 6.45) is -3.31. The molecule has 0 aliphatic carbocycles. The van der Waals surface area contributed by atoms with Gasteiger partial charge in [-0.2, -0.15) is 13.2 Å². The van der Waals surface area contributed by atoms with Crippen molar-refractivity contribution < 1.29 is 22.7 Å². The SMILES string of the molecule is CCNC(=NCCCN(C)CC(F)(F)F)N1CCC(NC(=O)OC(C)(C)C)C1. The van der Waals surface area contributed by atoms with E-state index < -0.39 is 24.4 Å². The molecular weight excluding hydrogens is 375 g/mol. The molecule has 1 rings (SSSR count). The molecule has 28 heavy (non-hydrogen) atoms. The summed E-state index contributed by atoms with van der Waals surface area (Å²) in [5, 5.41) is 6.07. The Morgan fingerprint density at radius 3 is 2.57 bits per heavy atom. The van der Waals surface area contributed by atoms with Crippen molar-refractivity contribution in [2.75, 3.05) is 46.3 Å². The van der Waals surface area contributed by atoms with Crippen molar-refractivity contribution >= 4 is 12.1 Å². The molecule has 164 valence electrons. The molecule has 1 heterocycles. The Hall–Kier alpha value is -1.71. The zero-order valence-electron chi connectivity index (χ0n) is 17.5. The zero-order chi connectivity index (χ0) is 21.4. The lowest BCUT2D eigenvalue weighted by atomic mass is 10.2. The molecule has 2 N–H and O–H groups in total. The average molecular weight is 409 g/mol. The van der Waals surface area contributed by atoms with E-state index in [1.165, 1.54) is 11.9 Å². The van der Waals surface area contributed by atoms with Crippen LogP contribution >= 0.6 is 0 Å². The molecule has 0 spiro atoms. The zero-order valence-corrected chi connectivity index (χ0v) is 17.5. The third-order valence-corrected chi connectivity index (χ3v) is 3.95. The van der Waals surface area contributed by atoms with Crippen molar-refractivity contribution in [1.82, 2.24) is 20.4 Å². The normalized spacial score (nSPS) is 18.5. The van der Waals surface area contributed by atoms with Crippen molar-refractivity contribution in [3.8, 4) is 0 Å². The minimum Gasteiger partial charge on any atom is -0.444 e. The fourth-order valence-electron chi connectivity index (χ4n) is 2.88. The lowest BCUT2D eigenvalue weighted by Gasteiger charge is -2.23. The summed E-state index contributed by atoms with van der Waals surface area (Å²) >= 11 is 0. The van der Waals surface area contributed by atoms with Gasteiger partial charge in [-0.15, -0.1) is 0 Å². The predicted octanol–water partition coefficient (Wildman–Crippen LogP) is 2.44. The Morgan fingerprint density at radius 2 is 2.00 bits per heavy atom. The van der Waals surface area contributed by atoms with Crippen LogP contribution in [0.15, 0.2) is 4.99 Å². The first-order valence-electron chi connectivity index (χ1n) is 9.67. The molecule has 1 saturated heterocycles. The standard InChI is InChI=1S/C18H34F3N5O2/c1-6-22-15(23-9-7-10-25(5)13-18(19,20)21)26-11-8-14(12-26)24-16(27)28-17(2,3)4/h14H,6-13H2,1-5H3,(H,22,23)(H,24,27). The summed E-state index contributed by atoms with van der Waals surface area (Å²) in [5.41, 5.74) is -0.544. The van der Waals surface area contributed by atoms with Crippen molar-refractivity contribution in [1.29, 1.82) is 0 Å². The number of rotatable bonds is 7. The number of carbonyl (C=O) groups is 1. The van der Waals surface area contributed by atoms with Gasteiger partial charge in [-0.25, -0.2) is 4.79 Å². The van der Waals surface area contributed by atoms with E-state index in [1.54, 1.807) is 0 Å². The lowest BCUT2D eigenvalue weighted by Crippen LogP contribution is -2.44. The Kier molecular flexibility index (Phi) is 9.32. The maximum absolute atomic E-state index is 12.3. The summed E-state index contributed by atoms with van der Waals surface area (Å²) in [6, 6.07) is -0.0309. The van der Waals surface area contributed by atoms with Gasteiger partial charge >= 0.3 is 12.3 Å². The molecule has 0 saturated carbocycles. The van der Waals surface area contributed by atoms with Gasteiger partial charge in [0.2, 0.25) is 0 Å². The van der Waals surface area contributed by atoms with Crippen LogP contribution in [0.5, 0.6) is 0 Å². The second-order valence-electron chi connectivity index (χ2n) is 8.02. The molecule has 0 bridgehead atoms. The van der Waals surface area contributed by atoms with Crippen LogP contribution in [-0.4, -0.2) is 86.0 Å². The summed E-state index contributed by atoms with van der Waals surface area (Å²) in [7, 11) is 1.45. The number of hydrogen-bond acceptors (Lipinski definition) is 4. The number of nitrogens with zero attached hydrogens (tertiary/aromatic N) is 3. The number of carbonyl (C=O) groups excluding carboxylic acids is 1. The molecule has 0 radical (unpaired) electrons. The molecule has 0 aromatic heterocycles. The van der Waals surface area contributed by atoms with Crippen LogP contribution in [0.3, 0.4) is 0 Å².